The minimum Gasteiger partial charge on any atom is -0.334 e. The van der Waals surface area contributed by atoms with E-state index in [1.165, 1.54) is 25.0 Å². The van der Waals surface area contributed by atoms with E-state index in [1.807, 2.05) is 11.0 Å². The molecule has 0 saturated carbocycles. The number of carbonyl (C=O) groups is 1. The highest BCUT2D eigenvalue weighted by Crippen LogP contribution is 2.28. The fourth-order valence-electron chi connectivity index (χ4n) is 3.84. The largest absolute Gasteiger partial charge is 0.334 e. The first-order chi connectivity index (χ1) is 11.2. The van der Waals surface area contributed by atoms with Crippen molar-refractivity contribution >= 4 is 6.03 Å². The molecule has 4 nitrogen and oxygen atoms in total. The third kappa shape index (κ3) is 4.02. The Morgan fingerprint density at radius 1 is 1.30 bits per heavy atom. The molecular formula is C18H26FN3O. The van der Waals surface area contributed by atoms with Crippen molar-refractivity contribution in [1.29, 1.82) is 0 Å². The lowest BCUT2D eigenvalue weighted by molar-refractivity contribution is 0.132. The number of piperidine rings is 1. The second-order valence-corrected chi connectivity index (χ2v) is 6.79. The molecule has 1 aromatic rings. The number of fused-ring (bicyclic) bond motifs is 4. The third-order valence-corrected chi connectivity index (χ3v) is 4.96. The lowest BCUT2D eigenvalue weighted by Gasteiger charge is -2.35. The fourth-order valence-corrected chi connectivity index (χ4v) is 3.84. The normalized spacial score (nSPS) is 24.5. The quantitative estimate of drug-likeness (QED) is 0.926. The summed E-state index contributed by atoms with van der Waals surface area (Å²) in [7, 11) is 0. The number of nitrogens with one attached hydrogen (secondary N) is 1. The Morgan fingerprint density at radius 3 is 2.96 bits per heavy atom. The van der Waals surface area contributed by atoms with Crippen molar-refractivity contribution in [3.63, 3.8) is 0 Å². The number of hydrogen-bond acceptors (Lipinski definition) is 2. The highest BCUT2D eigenvalue weighted by Gasteiger charge is 2.35. The van der Waals surface area contributed by atoms with Gasteiger partial charge in [0.15, 0.2) is 0 Å². The topological polar surface area (TPSA) is 35.6 Å². The number of hydrogen-bond donors (Lipinski definition) is 1. The summed E-state index contributed by atoms with van der Waals surface area (Å²) >= 11 is 0. The zero-order chi connectivity index (χ0) is 16.2. The molecule has 0 radical (unpaired) electrons. The van der Waals surface area contributed by atoms with Gasteiger partial charge in [-0.25, -0.2) is 9.18 Å². The Kier molecular flexibility index (Phi) is 5.16. The molecule has 2 amide bonds. The van der Waals surface area contributed by atoms with Crippen molar-refractivity contribution < 1.29 is 9.18 Å². The van der Waals surface area contributed by atoms with Gasteiger partial charge in [0.25, 0.3) is 0 Å². The van der Waals surface area contributed by atoms with Gasteiger partial charge in [0.1, 0.15) is 5.82 Å². The van der Waals surface area contributed by atoms with Gasteiger partial charge < -0.3 is 10.2 Å². The number of nitrogens with zero attached hydrogens (tertiary/aromatic N) is 2. The Hall–Kier alpha value is -1.62. The van der Waals surface area contributed by atoms with Gasteiger partial charge in [-0.1, -0.05) is 19.1 Å². The minimum atomic E-state index is -0.264. The van der Waals surface area contributed by atoms with Crippen LogP contribution in [0.2, 0.25) is 0 Å². The van der Waals surface area contributed by atoms with E-state index in [4.69, 9.17) is 0 Å². The third-order valence-electron chi connectivity index (χ3n) is 4.96. The van der Waals surface area contributed by atoms with Crippen LogP contribution in [-0.2, 0) is 6.54 Å². The fraction of sp³-hybridized carbons (Fsp3) is 0.611. The molecule has 1 aromatic carbocycles. The van der Waals surface area contributed by atoms with Gasteiger partial charge in [-0.3, -0.25) is 4.90 Å². The molecule has 3 heterocycles. The predicted octanol–water partition coefficient (Wildman–Crippen LogP) is 2.84. The molecular weight excluding hydrogens is 293 g/mol. The van der Waals surface area contributed by atoms with Crippen LogP contribution in [0.1, 0.15) is 31.7 Å². The van der Waals surface area contributed by atoms with Crippen LogP contribution in [0.5, 0.6) is 0 Å². The van der Waals surface area contributed by atoms with Crippen LogP contribution >= 0.6 is 0 Å². The second kappa shape index (κ2) is 7.30. The van der Waals surface area contributed by atoms with E-state index in [-0.39, 0.29) is 11.8 Å². The maximum Gasteiger partial charge on any atom is 0.317 e. The molecule has 23 heavy (non-hydrogen) atoms. The average molecular weight is 319 g/mol. The molecule has 2 atom stereocenters. The zero-order valence-electron chi connectivity index (χ0n) is 13.8. The molecule has 1 N–H and O–H groups in total. The van der Waals surface area contributed by atoms with Crippen LogP contribution in [0.4, 0.5) is 9.18 Å². The van der Waals surface area contributed by atoms with Crippen molar-refractivity contribution in [1.82, 2.24) is 15.1 Å². The zero-order valence-corrected chi connectivity index (χ0v) is 13.8. The summed E-state index contributed by atoms with van der Waals surface area (Å²) in [5.74, 6) is 0.319. The average Bonchev–Trinajstić information content (AvgIpc) is 2.85. The molecule has 0 aliphatic carbocycles. The second-order valence-electron chi connectivity index (χ2n) is 6.79. The molecule has 4 rings (SSSR count). The van der Waals surface area contributed by atoms with E-state index in [1.54, 1.807) is 6.07 Å². The van der Waals surface area contributed by atoms with Crippen molar-refractivity contribution in [3.8, 4) is 0 Å². The molecule has 2 bridgehead atoms. The SMILES string of the molecule is CCCN1C[C@H]2CC[C@@H]1CN(C(=O)NCc1cccc(F)c1)C2. The first-order valence-corrected chi connectivity index (χ1v) is 8.67. The van der Waals surface area contributed by atoms with Gasteiger partial charge in [0.2, 0.25) is 0 Å². The summed E-state index contributed by atoms with van der Waals surface area (Å²) in [5.41, 5.74) is 0.795. The number of halogens is 1. The van der Waals surface area contributed by atoms with Crippen LogP contribution in [0, 0.1) is 11.7 Å². The highest BCUT2D eigenvalue weighted by molar-refractivity contribution is 5.74. The molecule has 3 saturated heterocycles. The first kappa shape index (κ1) is 16.2. The van der Waals surface area contributed by atoms with Crippen LogP contribution < -0.4 is 5.32 Å². The summed E-state index contributed by atoms with van der Waals surface area (Å²) in [6, 6.07) is 6.86. The summed E-state index contributed by atoms with van der Waals surface area (Å²) in [4.78, 5) is 17.0. The van der Waals surface area contributed by atoms with Gasteiger partial charge in [-0.05, 0) is 49.4 Å². The maximum absolute atomic E-state index is 13.2. The Morgan fingerprint density at radius 2 is 2.17 bits per heavy atom. The van der Waals surface area contributed by atoms with E-state index in [9.17, 15) is 9.18 Å². The monoisotopic (exact) mass is 319 g/mol. The molecule has 3 aliphatic heterocycles. The van der Waals surface area contributed by atoms with E-state index in [0.717, 1.165) is 38.2 Å². The van der Waals surface area contributed by atoms with E-state index < -0.39 is 0 Å². The van der Waals surface area contributed by atoms with Gasteiger partial charge in [-0.2, -0.15) is 0 Å². The first-order valence-electron chi connectivity index (χ1n) is 8.67. The maximum atomic E-state index is 13.2. The lowest BCUT2D eigenvalue weighted by atomic mass is 9.95. The number of carbonyl (C=O) groups excluding carboxylic acids is 1. The van der Waals surface area contributed by atoms with E-state index in [0.29, 0.717) is 18.5 Å². The van der Waals surface area contributed by atoms with Crippen molar-refractivity contribution in [3.05, 3.63) is 35.6 Å². The molecule has 126 valence electrons. The molecule has 0 spiro atoms. The number of urea groups is 1. The van der Waals surface area contributed by atoms with Crippen LogP contribution in [-0.4, -0.2) is 48.1 Å². The summed E-state index contributed by atoms with van der Waals surface area (Å²) in [6.07, 6.45) is 3.58. The molecule has 3 aliphatic rings. The van der Waals surface area contributed by atoms with Crippen LogP contribution in [0.3, 0.4) is 0 Å². The lowest BCUT2D eigenvalue weighted by Crippen LogP contribution is -2.46. The molecule has 3 fully saturated rings. The number of amides is 2. The Balaban J connectivity index is 1.57. The molecule has 5 heteroatoms. The van der Waals surface area contributed by atoms with Crippen molar-refractivity contribution in [2.45, 2.75) is 38.8 Å². The summed E-state index contributed by atoms with van der Waals surface area (Å²) in [5, 5.41) is 2.94. The number of benzene rings is 1. The summed E-state index contributed by atoms with van der Waals surface area (Å²) in [6.45, 7) is 6.48. The van der Waals surface area contributed by atoms with E-state index >= 15 is 0 Å². The van der Waals surface area contributed by atoms with E-state index in [2.05, 4.69) is 17.1 Å². The van der Waals surface area contributed by atoms with Crippen molar-refractivity contribution in [2.75, 3.05) is 26.2 Å². The predicted molar refractivity (Wildman–Crippen MR) is 88.6 cm³/mol. The Labute approximate surface area is 137 Å². The van der Waals surface area contributed by atoms with Crippen LogP contribution in [0.15, 0.2) is 24.3 Å². The minimum absolute atomic E-state index is 0.0236. The van der Waals surface area contributed by atoms with Gasteiger partial charge in [0.05, 0.1) is 0 Å². The standard InChI is InChI=1S/C18H26FN3O/c1-2-8-21-11-15-6-7-17(21)13-22(12-15)18(23)20-10-14-4-3-5-16(19)9-14/h3-5,9,15,17H,2,6-8,10-13H2,1H3,(H,20,23)/t15-,17-/m1/s1. The van der Waals surface area contributed by atoms with Crippen molar-refractivity contribution in [2.24, 2.45) is 5.92 Å². The van der Waals surface area contributed by atoms with Crippen LogP contribution in [0.25, 0.3) is 0 Å². The smallest absolute Gasteiger partial charge is 0.317 e. The highest BCUT2D eigenvalue weighted by atomic mass is 19.1. The molecule has 0 aromatic heterocycles. The van der Waals surface area contributed by atoms with Gasteiger partial charge >= 0.3 is 6.03 Å². The number of rotatable bonds is 4. The van der Waals surface area contributed by atoms with Gasteiger partial charge in [-0.15, -0.1) is 0 Å². The summed E-state index contributed by atoms with van der Waals surface area (Å²) < 4.78 is 13.2. The molecule has 0 unspecified atom stereocenters. The van der Waals surface area contributed by atoms with Gasteiger partial charge in [0, 0.05) is 32.2 Å². The Bertz CT molecular complexity index is 551.